The van der Waals surface area contributed by atoms with Crippen molar-refractivity contribution in [3.8, 4) is 22.8 Å². The van der Waals surface area contributed by atoms with Crippen molar-refractivity contribution in [2.75, 3.05) is 18.8 Å². The Hall–Kier alpha value is -5.08. The lowest BCUT2D eigenvalue weighted by molar-refractivity contribution is 0.0670. The van der Waals surface area contributed by atoms with E-state index in [0.29, 0.717) is 25.0 Å². The van der Waals surface area contributed by atoms with Gasteiger partial charge in [-0.1, -0.05) is 0 Å². The van der Waals surface area contributed by atoms with E-state index in [1.54, 1.807) is 9.58 Å². The molecule has 41 heavy (non-hydrogen) atoms. The number of nitrogens with two attached hydrogens (primary N) is 1. The zero-order valence-corrected chi connectivity index (χ0v) is 20.9. The molecule has 1 aliphatic heterocycles. The highest BCUT2D eigenvalue weighted by atomic mass is 19.2. The van der Waals surface area contributed by atoms with Crippen LogP contribution in [0.4, 0.5) is 27.8 Å². The topological polar surface area (TPSA) is 128 Å². The maximum absolute atomic E-state index is 15.4. The smallest absolute Gasteiger partial charge is 0.274 e. The number of rotatable bonds is 5. The summed E-state index contributed by atoms with van der Waals surface area (Å²) in [6.45, 7) is 0.792. The van der Waals surface area contributed by atoms with Crippen molar-refractivity contribution in [2.24, 2.45) is 0 Å². The molecule has 0 radical (unpaired) electrons. The molecular weight excluding hydrogens is 551 g/mol. The molecule has 3 N–H and O–H groups in total. The number of H-pyrrole nitrogens is 1. The summed E-state index contributed by atoms with van der Waals surface area (Å²) in [7, 11) is 0. The van der Waals surface area contributed by atoms with Crippen LogP contribution in [0.15, 0.2) is 43.1 Å². The number of imidazole rings is 1. The summed E-state index contributed by atoms with van der Waals surface area (Å²) in [6.07, 6.45) is 5.46. The molecule has 0 saturated carbocycles. The number of ether oxygens (including phenoxy) is 1. The van der Waals surface area contributed by atoms with Crippen molar-refractivity contribution in [3.63, 3.8) is 0 Å². The van der Waals surface area contributed by atoms with Gasteiger partial charge in [-0.3, -0.25) is 4.79 Å². The van der Waals surface area contributed by atoms with Gasteiger partial charge in [-0.2, -0.15) is 13.9 Å². The second kappa shape index (κ2) is 10.1. The minimum absolute atomic E-state index is 0.0237. The average Bonchev–Trinajstić information content (AvgIpc) is 3.64. The predicted octanol–water partition coefficient (Wildman–Crippen LogP) is 4.76. The summed E-state index contributed by atoms with van der Waals surface area (Å²) in [5.74, 6) is -9.83. The summed E-state index contributed by atoms with van der Waals surface area (Å²) in [5, 5.41) is 4.85. The standard InChI is InChI=1S/C26H19F5N8O2/c27-15-6-13(41-23-20(30)16(28)7-17(29)21(23)31)3-4-14(15)22-19-24(32)35-11-36-25(19)39(37-22)12-2-1-5-38(9-12)26(40)18-8-33-10-34-18/h3-4,6-8,10-12H,1-2,5,9H2,(H,33,34)(H2,32,35,36). The van der Waals surface area contributed by atoms with Crippen molar-refractivity contribution < 1.29 is 31.5 Å². The molecule has 1 saturated heterocycles. The number of benzene rings is 2. The number of nitrogens with zero attached hydrogens (tertiary/aromatic N) is 6. The molecule has 0 spiro atoms. The van der Waals surface area contributed by atoms with Gasteiger partial charge in [-0.25, -0.2) is 32.8 Å². The van der Waals surface area contributed by atoms with Crippen LogP contribution in [0.1, 0.15) is 29.4 Å². The lowest BCUT2D eigenvalue weighted by atomic mass is 10.1. The Bertz CT molecular complexity index is 1770. The molecule has 10 nitrogen and oxygen atoms in total. The number of nitrogen functional groups attached to an aromatic ring is 1. The van der Waals surface area contributed by atoms with E-state index >= 15 is 4.39 Å². The van der Waals surface area contributed by atoms with Crippen molar-refractivity contribution in [2.45, 2.75) is 18.9 Å². The molecule has 1 atom stereocenters. The number of carbonyl (C=O) groups is 1. The molecule has 6 rings (SSSR count). The van der Waals surface area contributed by atoms with Crippen LogP contribution in [-0.2, 0) is 0 Å². The van der Waals surface area contributed by atoms with Gasteiger partial charge in [0.1, 0.15) is 35.1 Å². The maximum Gasteiger partial charge on any atom is 0.274 e. The molecule has 2 aromatic carbocycles. The number of anilines is 1. The van der Waals surface area contributed by atoms with Crippen molar-refractivity contribution in [1.82, 2.24) is 34.6 Å². The van der Waals surface area contributed by atoms with Crippen LogP contribution in [0.2, 0.25) is 0 Å². The van der Waals surface area contributed by atoms with Gasteiger partial charge in [0, 0.05) is 37.0 Å². The van der Waals surface area contributed by atoms with E-state index in [1.165, 1.54) is 24.9 Å². The minimum atomic E-state index is -1.77. The van der Waals surface area contributed by atoms with Crippen LogP contribution >= 0.6 is 0 Å². The number of amides is 1. The van der Waals surface area contributed by atoms with Crippen LogP contribution in [0, 0.1) is 29.1 Å². The summed E-state index contributed by atoms with van der Waals surface area (Å²) in [5.41, 5.74) is 6.72. The molecule has 1 unspecified atom stereocenters. The van der Waals surface area contributed by atoms with Gasteiger partial charge < -0.3 is 20.4 Å². The van der Waals surface area contributed by atoms with Crippen LogP contribution < -0.4 is 10.5 Å². The molecule has 5 aromatic rings. The fraction of sp³-hybridized carbons (Fsp3) is 0.192. The molecule has 0 aliphatic carbocycles. The van der Waals surface area contributed by atoms with Crippen molar-refractivity contribution >= 4 is 22.8 Å². The van der Waals surface area contributed by atoms with E-state index in [0.717, 1.165) is 12.1 Å². The Morgan fingerprint density at radius 1 is 1.02 bits per heavy atom. The summed E-state index contributed by atoms with van der Waals surface area (Å²) in [6, 6.07) is 2.84. The van der Waals surface area contributed by atoms with E-state index < -0.39 is 40.6 Å². The van der Waals surface area contributed by atoms with Gasteiger partial charge in [0.15, 0.2) is 17.3 Å². The average molecular weight is 570 g/mol. The molecule has 1 amide bonds. The third-order valence-corrected chi connectivity index (χ3v) is 6.75. The summed E-state index contributed by atoms with van der Waals surface area (Å²) in [4.78, 5) is 29.6. The monoisotopic (exact) mass is 570 g/mol. The highest BCUT2D eigenvalue weighted by Crippen LogP contribution is 2.37. The number of carbonyl (C=O) groups excluding carboxylic acids is 1. The molecule has 15 heteroatoms. The van der Waals surface area contributed by atoms with Gasteiger partial charge in [0.25, 0.3) is 5.91 Å². The second-order valence-electron chi connectivity index (χ2n) is 9.29. The van der Waals surface area contributed by atoms with Gasteiger partial charge >= 0.3 is 0 Å². The Balaban J connectivity index is 1.36. The lowest BCUT2D eigenvalue weighted by Gasteiger charge is -2.32. The van der Waals surface area contributed by atoms with E-state index in [4.69, 9.17) is 10.5 Å². The fourth-order valence-electron chi connectivity index (χ4n) is 4.83. The number of nitrogens with one attached hydrogen (secondary N) is 1. The fourth-order valence-corrected chi connectivity index (χ4v) is 4.83. The zero-order valence-electron chi connectivity index (χ0n) is 20.9. The van der Waals surface area contributed by atoms with Gasteiger partial charge in [-0.15, -0.1) is 0 Å². The first-order chi connectivity index (χ1) is 19.7. The number of aromatic nitrogens is 6. The number of aromatic amines is 1. The van der Waals surface area contributed by atoms with Crippen molar-refractivity contribution in [3.05, 3.63) is 77.9 Å². The van der Waals surface area contributed by atoms with Crippen molar-refractivity contribution in [1.29, 1.82) is 0 Å². The Kier molecular flexibility index (Phi) is 6.47. The molecule has 4 heterocycles. The molecular formula is C26H19F5N8O2. The number of likely N-dealkylation sites (tertiary alicyclic amines) is 1. The number of hydrogen-bond acceptors (Lipinski definition) is 7. The first kappa shape index (κ1) is 26.2. The summed E-state index contributed by atoms with van der Waals surface area (Å²) < 4.78 is 77.2. The number of halogens is 5. The van der Waals surface area contributed by atoms with Crippen LogP contribution in [0.5, 0.6) is 11.5 Å². The van der Waals surface area contributed by atoms with Gasteiger partial charge in [-0.05, 0) is 25.0 Å². The SMILES string of the molecule is Nc1ncnc2c1c(-c1ccc(Oc3c(F)c(F)cc(F)c3F)cc1F)nn2C1CCCN(C(=O)c2c[nH]cn2)C1. The second-order valence-corrected chi connectivity index (χ2v) is 9.29. The lowest BCUT2D eigenvalue weighted by Crippen LogP contribution is -2.41. The van der Waals surface area contributed by atoms with E-state index in [9.17, 15) is 22.4 Å². The van der Waals surface area contributed by atoms with E-state index in [-0.39, 0.29) is 52.7 Å². The molecule has 210 valence electrons. The van der Waals surface area contributed by atoms with Crippen LogP contribution in [0.3, 0.4) is 0 Å². The first-order valence-corrected chi connectivity index (χ1v) is 12.3. The minimum Gasteiger partial charge on any atom is -0.451 e. The molecule has 3 aromatic heterocycles. The molecule has 0 bridgehead atoms. The third-order valence-electron chi connectivity index (χ3n) is 6.75. The largest absolute Gasteiger partial charge is 0.451 e. The maximum atomic E-state index is 15.4. The molecule has 1 fully saturated rings. The number of hydrogen-bond donors (Lipinski definition) is 2. The highest BCUT2D eigenvalue weighted by molar-refractivity contribution is 5.98. The van der Waals surface area contributed by atoms with Crippen LogP contribution in [-0.4, -0.2) is 53.6 Å². The Morgan fingerprint density at radius 2 is 1.80 bits per heavy atom. The number of piperidine rings is 1. The zero-order chi connectivity index (χ0) is 28.8. The van der Waals surface area contributed by atoms with E-state index in [1.807, 2.05) is 0 Å². The third kappa shape index (κ3) is 4.58. The molecule has 1 aliphatic rings. The Morgan fingerprint density at radius 3 is 2.51 bits per heavy atom. The van der Waals surface area contributed by atoms with E-state index in [2.05, 4.69) is 25.0 Å². The van der Waals surface area contributed by atoms with Gasteiger partial charge in [0.05, 0.1) is 17.8 Å². The predicted molar refractivity (Wildman–Crippen MR) is 134 cm³/mol. The quantitative estimate of drug-likeness (QED) is 0.230. The Labute approximate surface area is 227 Å². The van der Waals surface area contributed by atoms with Gasteiger partial charge in [0.2, 0.25) is 17.4 Å². The van der Waals surface area contributed by atoms with Crippen LogP contribution in [0.25, 0.3) is 22.3 Å². The number of fused-ring (bicyclic) bond motifs is 1. The normalized spacial score (nSPS) is 15.4. The summed E-state index contributed by atoms with van der Waals surface area (Å²) >= 11 is 0. The highest BCUT2D eigenvalue weighted by Gasteiger charge is 2.30. The first-order valence-electron chi connectivity index (χ1n) is 12.3.